The van der Waals surface area contributed by atoms with Gasteiger partial charge in [0.15, 0.2) is 0 Å². The van der Waals surface area contributed by atoms with E-state index in [1.54, 1.807) is 13.8 Å². The number of hydrazone groups is 1. The highest BCUT2D eigenvalue weighted by Gasteiger charge is 2.05. The quantitative estimate of drug-likeness (QED) is 0.482. The number of hydrogen-bond donors (Lipinski definition) is 1. The van der Waals surface area contributed by atoms with Gasteiger partial charge >= 0.3 is 5.97 Å². The first kappa shape index (κ1) is 14.9. The molecule has 1 amide bonds. The van der Waals surface area contributed by atoms with Gasteiger partial charge in [-0.3, -0.25) is 9.59 Å². The molecule has 0 fully saturated rings. The van der Waals surface area contributed by atoms with Crippen LogP contribution in [0.5, 0.6) is 0 Å². The SMILES string of the molecule is CCOC(=O)C/C(C)=N/NC(=O)Cc1ccccc1. The Morgan fingerprint density at radius 1 is 1.26 bits per heavy atom. The Labute approximate surface area is 112 Å². The van der Waals surface area contributed by atoms with E-state index < -0.39 is 0 Å². The van der Waals surface area contributed by atoms with Crippen LogP contribution in [0.15, 0.2) is 35.4 Å². The topological polar surface area (TPSA) is 67.8 Å². The molecule has 0 spiro atoms. The van der Waals surface area contributed by atoms with E-state index in [9.17, 15) is 9.59 Å². The Morgan fingerprint density at radius 2 is 1.95 bits per heavy atom. The maximum absolute atomic E-state index is 11.6. The third kappa shape index (κ3) is 6.35. The van der Waals surface area contributed by atoms with Crippen LogP contribution in [0.2, 0.25) is 0 Å². The lowest BCUT2D eigenvalue weighted by molar-refractivity contribution is -0.141. The van der Waals surface area contributed by atoms with Crippen molar-refractivity contribution in [1.82, 2.24) is 5.43 Å². The molecular formula is C14H18N2O3. The lowest BCUT2D eigenvalue weighted by atomic mass is 10.1. The summed E-state index contributed by atoms with van der Waals surface area (Å²) in [7, 11) is 0. The van der Waals surface area contributed by atoms with Crippen LogP contribution in [0, 0.1) is 0 Å². The summed E-state index contributed by atoms with van der Waals surface area (Å²) in [5, 5.41) is 3.86. The Hall–Kier alpha value is -2.17. The number of nitrogens with one attached hydrogen (secondary N) is 1. The van der Waals surface area contributed by atoms with Crippen molar-refractivity contribution in [3.05, 3.63) is 35.9 Å². The molecule has 1 rings (SSSR count). The molecule has 0 aromatic heterocycles. The van der Waals surface area contributed by atoms with Crippen molar-refractivity contribution < 1.29 is 14.3 Å². The van der Waals surface area contributed by atoms with Crippen molar-refractivity contribution in [3.8, 4) is 0 Å². The van der Waals surface area contributed by atoms with Gasteiger partial charge in [0.2, 0.25) is 5.91 Å². The highest BCUT2D eigenvalue weighted by atomic mass is 16.5. The Kier molecular flexibility index (Phi) is 6.29. The number of hydrogen-bond acceptors (Lipinski definition) is 4. The number of carbonyl (C=O) groups excluding carboxylic acids is 2. The molecule has 0 bridgehead atoms. The summed E-state index contributed by atoms with van der Waals surface area (Å²) in [5.41, 5.74) is 3.85. The van der Waals surface area contributed by atoms with Crippen molar-refractivity contribution in [2.45, 2.75) is 26.7 Å². The second kappa shape index (κ2) is 8.02. The summed E-state index contributed by atoms with van der Waals surface area (Å²) in [5.74, 6) is -0.560. The molecule has 0 aliphatic carbocycles. The third-order valence-corrected chi connectivity index (χ3v) is 2.28. The number of carbonyl (C=O) groups is 2. The Morgan fingerprint density at radius 3 is 2.58 bits per heavy atom. The van der Waals surface area contributed by atoms with E-state index in [-0.39, 0.29) is 24.7 Å². The summed E-state index contributed by atoms with van der Waals surface area (Å²) < 4.78 is 4.78. The number of esters is 1. The molecule has 0 aliphatic rings. The fourth-order valence-corrected chi connectivity index (χ4v) is 1.44. The fraction of sp³-hybridized carbons (Fsp3) is 0.357. The summed E-state index contributed by atoms with van der Waals surface area (Å²) in [6.07, 6.45) is 0.344. The normalized spacial score (nSPS) is 10.9. The van der Waals surface area contributed by atoms with E-state index in [1.165, 1.54) is 0 Å². The second-order valence-corrected chi connectivity index (χ2v) is 4.03. The van der Waals surface area contributed by atoms with Gasteiger partial charge in [-0.05, 0) is 19.4 Å². The standard InChI is InChI=1S/C14H18N2O3/c1-3-19-14(18)9-11(2)15-16-13(17)10-12-7-5-4-6-8-12/h4-8H,3,9-10H2,1-2H3,(H,16,17)/b15-11+. The van der Waals surface area contributed by atoms with E-state index in [0.29, 0.717) is 12.3 Å². The van der Waals surface area contributed by atoms with Crippen LogP contribution in [0.1, 0.15) is 25.8 Å². The monoisotopic (exact) mass is 262 g/mol. The lowest BCUT2D eigenvalue weighted by Crippen LogP contribution is -2.22. The smallest absolute Gasteiger partial charge is 0.311 e. The molecule has 102 valence electrons. The highest BCUT2D eigenvalue weighted by molar-refractivity contribution is 5.98. The van der Waals surface area contributed by atoms with E-state index in [1.807, 2.05) is 30.3 Å². The number of amides is 1. The Balaban J connectivity index is 2.38. The zero-order valence-electron chi connectivity index (χ0n) is 11.2. The van der Waals surface area contributed by atoms with Crippen LogP contribution in [0.25, 0.3) is 0 Å². The van der Waals surface area contributed by atoms with Crippen LogP contribution in [-0.2, 0) is 20.7 Å². The molecule has 0 atom stereocenters. The van der Waals surface area contributed by atoms with Crippen LogP contribution in [0.3, 0.4) is 0 Å². The third-order valence-electron chi connectivity index (χ3n) is 2.28. The molecule has 0 heterocycles. The van der Waals surface area contributed by atoms with Crippen LogP contribution < -0.4 is 5.43 Å². The molecule has 1 aromatic rings. The first-order valence-corrected chi connectivity index (χ1v) is 6.13. The molecule has 1 N–H and O–H groups in total. The van der Waals surface area contributed by atoms with Gasteiger partial charge in [-0.1, -0.05) is 30.3 Å². The average molecular weight is 262 g/mol. The molecule has 5 heteroatoms. The molecule has 0 unspecified atom stereocenters. The average Bonchev–Trinajstić information content (AvgIpc) is 2.38. The molecule has 0 saturated carbocycles. The minimum atomic E-state index is -0.346. The van der Waals surface area contributed by atoms with Crippen molar-refractivity contribution in [2.75, 3.05) is 6.61 Å². The van der Waals surface area contributed by atoms with Crippen LogP contribution in [0.4, 0.5) is 0 Å². The summed E-state index contributed by atoms with van der Waals surface area (Å²) in [4.78, 5) is 22.8. The lowest BCUT2D eigenvalue weighted by Gasteiger charge is -2.03. The van der Waals surface area contributed by atoms with Crippen molar-refractivity contribution in [3.63, 3.8) is 0 Å². The molecule has 0 radical (unpaired) electrons. The summed E-state index contributed by atoms with van der Waals surface area (Å²) in [6.45, 7) is 3.75. The van der Waals surface area contributed by atoms with E-state index in [2.05, 4.69) is 10.5 Å². The first-order valence-electron chi connectivity index (χ1n) is 6.13. The van der Waals surface area contributed by atoms with Crippen LogP contribution in [-0.4, -0.2) is 24.2 Å². The van der Waals surface area contributed by atoms with E-state index >= 15 is 0 Å². The minimum Gasteiger partial charge on any atom is -0.466 e. The van der Waals surface area contributed by atoms with Gasteiger partial charge in [0.1, 0.15) is 0 Å². The highest BCUT2D eigenvalue weighted by Crippen LogP contribution is 1.99. The maximum atomic E-state index is 11.6. The van der Waals surface area contributed by atoms with Gasteiger partial charge in [-0.2, -0.15) is 5.10 Å². The van der Waals surface area contributed by atoms with Gasteiger partial charge in [0.05, 0.1) is 19.4 Å². The van der Waals surface area contributed by atoms with Crippen molar-refractivity contribution in [1.29, 1.82) is 0 Å². The van der Waals surface area contributed by atoms with E-state index in [0.717, 1.165) is 5.56 Å². The Bertz CT molecular complexity index is 455. The van der Waals surface area contributed by atoms with Gasteiger partial charge in [0.25, 0.3) is 0 Å². The zero-order valence-corrected chi connectivity index (χ0v) is 11.2. The van der Waals surface area contributed by atoms with E-state index in [4.69, 9.17) is 4.74 Å². The molecular weight excluding hydrogens is 244 g/mol. The minimum absolute atomic E-state index is 0.0828. The summed E-state index contributed by atoms with van der Waals surface area (Å²) in [6, 6.07) is 9.38. The molecule has 1 aromatic carbocycles. The number of nitrogens with zero attached hydrogens (tertiary/aromatic N) is 1. The molecule has 0 saturated heterocycles. The van der Waals surface area contributed by atoms with Gasteiger partial charge in [-0.15, -0.1) is 0 Å². The first-order chi connectivity index (χ1) is 9.11. The summed E-state index contributed by atoms with van der Waals surface area (Å²) >= 11 is 0. The van der Waals surface area contributed by atoms with Gasteiger partial charge < -0.3 is 4.74 Å². The number of ether oxygens (including phenoxy) is 1. The number of rotatable bonds is 6. The second-order valence-electron chi connectivity index (χ2n) is 4.03. The number of benzene rings is 1. The molecule has 0 aliphatic heterocycles. The zero-order chi connectivity index (χ0) is 14.1. The van der Waals surface area contributed by atoms with Crippen LogP contribution >= 0.6 is 0 Å². The largest absolute Gasteiger partial charge is 0.466 e. The molecule has 5 nitrogen and oxygen atoms in total. The fourth-order valence-electron chi connectivity index (χ4n) is 1.44. The maximum Gasteiger partial charge on any atom is 0.311 e. The predicted molar refractivity (Wildman–Crippen MR) is 72.6 cm³/mol. The van der Waals surface area contributed by atoms with Crippen molar-refractivity contribution in [2.24, 2.45) is 5.10 Å². The molecule has 19 heavy (non-hydrogen) atoms. The predicted octanol–water partition coefficient (Wildman–Crippen LogP) is 1.67. The van der Waals surface area contributed by atoms with Gasteiger partial charge in [-0.25, -0.2) is 5.43 Å². The van der Waals surface area contributed by atoms with Crippen molar-refractivity contribution >= 4 is 17.6 Å². The van der Waals surface area contributed by atoms with Gasteiger partial charge in [0, 0.05) is 5.71 Å².